The van der Waals surface area contributed by atoms with Crippen molar-refractivity contribution in [3.8, 4) is 17.2 Å². The Hall–Kier alpha value is -2.73. The molecule has 1 aliphatic heterocycles. The van der Waals surface area contributed by atoms with Gasteiger partial charge in [0.1, 0.15) is 12.4 Å². The molecule has 2 aromatic carbocycles. The third-order valence-electron chi connectivity index (χ3n) is 3.17. The van der Waals surface area contributed by atoms with Gasteiger partial charge in [0.15, 0.2) is 11.5 Å². The van der Waals surface area contributed by atoms with Gasteiger partial charge in [-0.3, -0.25) is 4.79 Å². The van der Waals surface area contributed by atoms with Crippen molar-refractivity contribution in [3.05, 3.63) is 53.1 Å². The van der Waals surface area contributed by atoms with Crippen LogP contribution in [0.1, 0.15) is 5.56 Å². The van der Waals surface area contributed by atoms with Crippen molar-refractivity contribution in [2.45, 2.75) is 6.10 Å². The Labute approximate surface area is 137 Å². The maximum atomic E-state index is 12.0. The van der Waals surface area contributed by atoms with Gasteiger partial charge < -0.3 is 14.6 Å². The van der Waals surface area contributed by atoms with Gasteiger partial charge >= 0.3 is 0 Å². The molecule has 1 atom stereocenters. The zero-order valence-electron chi connectivity index (χ0n) is 11.9. The minimum Gasteiger partial charge on any atom is -0.507 e. The topological polar surface area (TPSA) is 80.2 Å². The minimum atomic E-state index is -0.796. The maximum absolute atomic E-state index is 12.0. The van der Waals surface area contributed by atoms with Gasteiger partial charge in [-0.25, -0.2) is 5.43 Å². The number of hydrogen-bond acceptors (Lipinski definition) is 5. The summed E-state index contributed by atoms with van der Waals surface area (Å²) in [4.78, 5) is 12.0. The molecule has 2 N–H and O–H groups in total. The summed E-state index contributed by atoms with van der Waals surface area (Å²) in [6.07, 6.45) is 0.506. The largest absolute Gasteiger partial charge is 0.507 e. The summed E-state index contributed by atoms with van der Waals surface area (Å²) < 4.78 is 11.0. The predicted molar refractivity (Wildman–Crippen MR) is 85.2 cm³/mol. The quantitative estimate of drug-likeness (QED) is 0.668. The molecule has 3 rings (SSSR count). The first-order valence-corrected chi connectivity index (χ1v) is 7.21. The lowest BCUT2D eigenvalue weighted by molar-refractivity contribution is -0.130. The van der Waals surface area contributed by atoms with E-state index in [9.17, 15) is 9.90 Å². The molecule has 23 heavy (non-hydrogen) atoms. The number of nitrogens with one attached hydrogen (secondary N) is 1. The Bertz CT molecular complexity index is 763. The van der Waals surface area contributed by atoms with Gasteiger partial charge in [-0.05, 0) is 30.3 Å². The number of carbonyl (C=O) groups excluding carboxylic acids is 1. The van der Waals surface area contributed by atoms with E-state index >= 15 is 0 Å². The summed E-state index contributed by atoms with van der Waals surface area (Å²) in [5.74, 6) is 0.676. The SMILES string of the molecule is O=C(N/N=C\c1cc(Cl)ccc1O)C1COc2ccccc2O1. The number of rotatable bonds is 3. The van der Waals surface area contributed by atoms with Gasteiger partial charge in [0.05, 0.1) is 6.21 Å². The molecule has 0 radical (unpaired) electrons. The van der Waals surface area contributed by atoms with Crippen LogP contribution in [0, 0.1) is 0 Å². The molecule has 118 valence electrons. The fourth-order valence-corrected chi connectivity index (χ4v) is 2.20. The minimum absolute atomic E-state index is 0.0126. The number of ether oxygens (including phenoxy) is 2. The van der Waals surface area contributed by atoms with Crippen molar-refractivity contribution < 1.29 is 19.4 Å². The second-order valence-corrected chi connectivity index (χ2v) is 5.24. The van der Waals surface area contributed by atoms with Crippen molar-refractivity contribution in [2.24, 2.45) is 5.10 Å². The van der Waals surface area contributed by atoms with Crippen LogP contribution >= 0.6 is 11.6 Å². The fourth-order valence-electron chi connectivity index (χ4n) is 2.01. The third-order valence-corrected chi connectivity index (χ3v) is 3.40. The van der Waals surface area contributed by atoms with Gasteiger partial charge in [-0.2, -0.15) is 5.10 Å². The van der Waals surface area contributed by atoms with Crippen molar-refractivity contribution in [2.75, 3.05) is 6.61 Å². The number of fused-ring (bicyclic) bond motifs is 1. The van der Waals surface area contributed by atoms with E-state index in [0.717, 1.165) is 0 Å². The van der Waals surface area contributed by atoms with Crippen LogP contribution in [0.15, 0.2) is 47.6 Å². The van der Waals surface area contributed by atoms with E-state index in [2.05, 4.69) is 10.5 Å². The first-order chi connectivity index (χ1) is 11.1. The summed E-state index contributed by atoms with van der Waals surface area (Å²) >= 11 is 5.83. The maximum Gasteiger partial charge on any atom is 0.284 e. The summed E-state index contributed by atoms with van der Waals surface area (Å²) in [5.41, 5.74) is 2.74. The van der Waals surface area contributed by atoms with Crippen molar-refractivity contribution in [1.29, 1.82) is 0 Å². The number of halogens is 1. The van der Waals surface area contributed by atoms with Crippen LogP contribution in [-0.4, -0.2) is 29.9 Å². The molecule has 0 aliphatic carbocycles. The molecule has 7 heteroatoms. The number of benzene rings is 2. The van der Waals surface area contributed by atoms with Crippen LogP contribution in [-0.2, 0) is 4.79 Å². The van der Waals surface area contributed by atoms with Gasteiger partial charge in [0.2, 0.25) is 6.10 Å². The molecule has 1 aliphatic rings. The molecular formula is C16H13ClN2O4. The number of carbonyl (C=O) groups is 1. The molecule has 1 amide bonds. The molecular weight excluding hydrogens is 320 g/mol. The smallest absolute Gasteiger partial charge is 0.284 e. The van der Waals surface area contributed by atoms with E-state index in [1.807, 2.05) is 6.07 Å². The lowest BCUT2D eigenvalue weighted by atomic mass is 10.2. The molecule has 6 nitrogen and oxygen atoms in total. The van der Waals surface area contributed by atoms with E-state index in [1.165, 1.54) is 18.3 Å². The van der Waals surface area contributed by atoms with Gasteiger partial charge in [-0.15, -0.1) is 0 Å². The number of para-hydroxylation sites is 2. The van der Waals surface area contributed by atoms with E-state index in [1.54, 1.807) is 24.3 Å². The highest BCUT2D eigenvalue weighted by atomic mass is 35.5. The number of nitrogens with zero attached hydrogens (tertiary/aromatic N) is 1. The van der Waals surface area contributed by atoms with E-state index in [-0.39, 0.29) is 12.4 Å². The number of phenols is 1. The number of amides is 1. The summed E-state index contributed by atoms with van der Waals surface area (Å²) in [5, 5.41) is 13.9. The zero-order chi connectivity index (χ0) is 16.2. The third kappa shape index (κ3) is 3.54. The summed E-state index contributed by atoms with van der Waals surface area (Å²) in [6.45, 7) is 0.0980. The van der Waals surface area contributed by atoms with E-state index < -0.39 is 12.0 Å². The Morgan fingerprint density at radius 1 is 1.30 bits per heavy atom. The summed E-state index contributed by atoms with van der Waals surface area (Å²) in [7, 11) is 0. The molecule has 0 saturated heterocycles. The second kappa shape index (κ2) is 6.58. The van der Waals surface area contributed by atoms with Crippen LogP contribution in [0.4, 0.5) is 0 Å². The number of hydrogen-bond donors (Lipinski definition) is 2. The molecule has 1 unspecified atom stereocenters. The molecule has 0 aromatic heterocycles. The predicted octanol–water partition coefficient (Wildman–Crippen LogP) is 2.34. The molecule has 0 saturated carbocycles. The Kier molecular flexibility index (Phi) is 4.34. The average molecular weight is 333 g/mol. The number of phenolic OH excluding ortho intramolecular Hbond substituents is 1. The van der Waals surface area contributed by atoms with Crippen LogP contribution in [0.25, 0.3) is 0 Å². The Balaban J connectivity index is 1.62. The van der Waals surface area contributed by atoms with Crippen molar-refractivity contribution >= 4 is 23.7 Å². The molecule has 1 heterocycles. The summed E-state index contributed by atoms with van der Waals surface area (Å²) in [6, 6.07) is 11.6. The molecule has 0 bridgehead atoms. The first-order valence-electron chi connectivity index (χ1n) is 6.83. The van der Waals surface area contributed by atoms with E-state index in [4.69, 9.17) is 21.1 Å². The molecule has 2 aromatic rings. The van der Waals surface area contributed by atoms with Crippen LogP contribution in [0.5, 0.6) is 17.2 Å². The normalized spacial score (nSPS) is 16.3. The highest BCUT2D eigenvalue weighted by Crippen LogP contribution is 2.30. The molecule has 0 fully saturated rings. The van der Waals surface area contributed by atoms with Crippen LogP contribution in [0.3, 0.4) is 0 Å². The molecule has 0 spiro atoms. The monoisotopic (exact) mass is 332 g/mol. The average Bonchev–Trinajstić information content (AvgIpc) is 2.57. The lowest BCUT2D eigenvalue weighted by Gasteiger charge is -2.24. The fraction of sp³-hybridized carbons (Fsp3) is 0.125. The van der Waals surface area contributed by atoms with Gasteiger partial charge in [0, 0.05) is 10.6 Å². The Morgan fingerprint density at radius 2 is 2.09 bits per heavy atom. The first kappa shape index (κ1) is 15.2. The van der Waals surface area contributed by atoms with Gasteiger partial charge in [0.25, 0.3) is 5.91 Å². The number of hydrazone groups is 1. The van der Waals surface area contributed by atoms with Gasteiger partial charge in [-0.1, -0.05) is 23.7 Å². The van der Waals surface area contributed by atoms with Crippen molar-refractivity contribution in [3.63, 3.8) is 0 Å². The highest BCUT2D eigenvalue weighted by Gasteiger charge is 2.26. The second-order valence-electron chi connectivity index (χ2n) is 4.80. The van der Waals surface area contributed by atoms with Crippen LogP contribution in [0.2, 0.25) is 5.02 Å². The van der Waals surface area contributed by atoms with Crippen LogP contribution < -0.4 is 14.9 Å². The zero-order valence-corrected chi connectivity index (χ0v) is 12.7. The standard InChI is InChI=1S/C16H13ClN2O4/c17-11-5-6-12(20)10(7-11)8-18-19-16(21)15-9-22-13-3-1-2-4-14(13)23-15/h1-8,15,20H,9H2,(H,19,21)/b18-8-. The van der Waals surface area contributed by atoms with E-state index in [0.29, 0.717) is 22.1 Å². The lowest BCUT2D eigenvalue weighted by Crippen LogP contribution is -2.42. The number of aromatic hydroxyl groups is 1. The van der Waals surface area contributed by atoms with Crippen molar-refractivity contribution in [1.82, 2.24) is 5.43 Å². The Morgan fingerprint density at radius 3 is 2.91 bits per heavy atom. The highest BCUT2D eigenvalue weighted by molar-refractivity contribution is 6.30.